The Bertz CT molecular complexity index is 1770. The molecule has 8 nitrogen and oxygen atoms in total. The molecule has 43 heavy (non-hydrogen) atoms. The summed E-state index contributed by atoms with van der Waals surface area (Å²) in [6.45, 7) is 4.31. The van der Waals surface area contributed by atoms with Crippen LogP contribution >= 0.6 is 0 Å². The number of ether oxygens (including phenoxy) is 3. The van der Waals surface area contributed by atoms with Crippen molar-refractivity contribution in [3.63, 3.8) is 0 Å². The van der Waals surface area contributed by atoms with Crippen molar-refractivity contribution in [3.8, 4) is 40.0 Å². The van der Waals surface area contributed by atoms with Gasteiger partial charge in [-0.1, -0.05) is 42.5 Å². The molecule has 1 aromatic heterocycles. The van der Waals surface area contributed by atoms with Gasteiger partial charge >= 0.3 is 0 Å². The first-order chi connectivity index (χ1) is 20.9. The first-order valence-electron chi connectivity index (χ1n) is 14.1. The summed E-state index contributed by atoms with van der Waals surface area (Å²) in [6.07, 6.45) is 0.588. The topological polar surface area (TPSA) is 96.9 Å². The fourth-order valence-corrected chi connectivity index (χ4v) is 5.88. The Kier molecular flexibility index (Phi) is 7.50. The third-order valence-electron chi connectivity index (χ3n) is 7.80. The van der Waals surface area contributed by atoms with Crippen molar-refractivity contribution in [1.82, 2.24) is 15.1 Å². The lowest BCUT2D eigenvalue weighted by Gasteiger charge is -2.27. The SMILES string of the molecule is COc1ccc(CCN2C(=O)c3[nH]nc(-c4c(C)cc(C)cc4O)c3C2c2cccc(Oc3ccccc3)c2)cc1OC. The van der Waals surface area contributed by atoms with E-state index in [4.69, 9.17) is 14.2 Å². The molecular formula is C35H33N3O5. The number of phenols is 1. The Morgan fingerprint density at radius 2 is 1.65 bits per heavy atom. The number of fused-ring (bicyclic) bond motifs is 1. The third-order valence-corrected chi connectivity index (χ3v) is 7.80. The van der Waals surface area contributed by atoms with Crippen LogP contribution in [0.3, 0.4) is 0 Å². The summed E-state index contributed by atoms with van der Waals surface area (Å²) in [5, 5.41) is 18.6. The second-order valence-corrected chi connectivity index (χ2v) is 10.7. The van der Waals surface area contributed by atoms with E-state index in [2.05, 4.69) is 10.2 Å². The van der Waals surface area contributed by atoms with Crippen LogP contribution in [0, 0.1) is 13.8 Å². The molecule has 0 aliphatic carbocycles. The highest BCUT2D eigenvalue weighted by Crippen LogP contribution is 2.46. The number of carbonyl (C=O) groups excluding carboxylic acids is 1. The van der Waals surface area contributed by atoms with E-state index >= 15 is 0 Å². The van der Waals surface area contributed by atoms with Crippen LogP contribution in [0.15, 0.2) is 84.9 Å². The van der Waals surface area contributed by atoms with Crippen molar-refractivity contribution < 1.29 is 24.1 Å². The number of aromatic amines is 1. The van der Waals surface area contributed by atoms with Crippen molar-refractivity contribution in [2.75, 3.05) is 20.8 Å². The quantitative estimate of drug-likeness (QED) is 0.197. The molecule has 1 atom stereocenters. The number of nitrogens with zero attached hydrogens (tertiary/aromatic N) is 2. The molecule has 8 heteroatoms. The lowest BCUT2D eigenvalue weighted by molar-refractivity contribution is 0.0745. The largest absolute Gasteiger partial charge is 0.507 e. The molecule has 0 spiro atoms. The van der Waals surface area contributed by atoms with Gasteiger partial charge in [0, 0.05) is 17.7 Å². The molecule has 2 N–H and O–H groups in total. The lowest BCUT2D eigenvalue weighted by Crippen LogP contribution is -2.31. The van der Waals surface area contributed by atoms with Crippen LogP contribution in [0.25, 0.3) is 11.3 Å². The zero-order valence-corrected chi connectivity index (χ0v) is 24.5. The van der Waals surface area contributed by atoms with Gasteiger partial charge in [0.15, 0.2) is 11.5 Å². The smallest absolute Gasteiger partial charge is 0.273 e. The number of para-hydroxylation sites is 1. The molecule has 0 saturated heterocycles. The molecular weight excluding hydrogens is 542 g/mol. The minimum absolute atomic E-state index is 0.128. The maximum atomic E-state index is 14.0. The standard InChI is InChI=1S/C35H33N3O5/c1-21-17-22(2)30(27(39)18-21)32-31-33(37-36-32)35(40)38(16-15-23-13-14-28(41-3)29(19-23)42-4)34(31)24-9-8-12-26(20-24)43-25-10-6-5-7-11-25/h5-14,17-20,34,39H,15-16H2,1-4H3,(H,36,37). The van der Waals surface area contributed by atoms with Crippen molar-refractivity contribution in [1.29, 1.82) is 0 Å². The summed E-state index contributed by atoms with van der Waals surface area (Å²) in [5.74, 6) is 2.63. The van der Waals surface area contributed by atoms with Gasteiger partial charge in [-0.15, -0.1) is 0 Å². The van der Waals surface area contributed by atoms with Gasteiger partial charge in [0.25, 0.3) is 5.91 Å². The zero-order chi connectivity index (χ0) is 30.1. The molecule has 1 aliphatic heterocycles. The molecule has 0 saturated carbocycles. The molecule has 4 aromatic carbocycles. The number of rotatable bonds is 9. The van der Waals surface area contributed by atoms with Crippen LogP contribution < -0.4 is 14.2 Å². The van der Waals surface area contributed by atoms with E-state index in [-0.39, 0.29) is 11.7 Å². The van der Waals surface area contributed by atoms with Gasteiger partial charge in [0.05, 0.1) is 20.3 Å². The van der Waals surface area contributed by atoms with Gasteiger partial charge < -0.3 is 24.2 Å². The average Bonchev–Trinajstić information content (AvgIpc) is 3.54. The predicted octanol–water partition coefficient (Wildman–Crippen LogP) is 7.00. The third kappa shape index (κ3) is 5.28. The van der Waals surface area contributed by atoms with Crippen LogP contribution in [0.2, 0.25) is 0 Å². The van der Waals surface area contributed by atoms with Crippen LogP contribution in [0.4, 0.5) is 0 Å². The van der Waals surface area contributed by atoms with Crippen LogP contribution in [-0.4, -0.2) is 46.9 Å². The van der Waals surface area contributed by atoms with E-state index in [1.807, 2.05) is 97.6 Å². The first-order valence-corrected chi connectivity index (χ1v) is 14.1. The molecule has 218 valence electrons. The number of methoxy groups -OCH3 is 2. The fourth-order valence-electron chi connectivity index (χ4n) is 5.88. The van der Waals surface area contributed by atoms with E-state index in [9.17, 15) is 9.90 Å². The molecule has 1 aliphatic rings. The summed E-state index contributed by atoms with van der Waals surface area (Å²) in [5.41, 5.74) is 6.03. The Balaban J connectivity index is 1.42. The maximum Gasteiger partial charge on any atom is 0.273 e. The number of carbonyl (C=O) groups is 1. The number of aromatic hydroxyl groups is 1. The number of hydrogen-bond donors (Lipinski definition) is 2. The lowest BCUT2D eigenvalue weighted by atomic mass is 9.93. The van der Waals surface area contributed by atoms with Gasteiger partial charge in [-0.05, 0) is 85.0 Å². The number of H-pyrrole nitrogens is 1. The average molecular weight is 576 g/mol. The van der Waals surface area contributed by atoms with E-state index in [0.29, 0.717) is 47.2 Å². The summed E-state index contributed by atoms with van der Waals surface area (Å²) in [4.78, 5) is 15.8. The predicted molar refractivity (Wildman–Crippen MR) is 164 cm³/mol. The Hall–Kier alpha value is -5.24. The van der Waals surface area contributed by atoms with E-state index in [1.165, 1.54) is 0 Å². The second-order valence-electron chi connectivity index (χ2n) is 10.7. The van der Waals surface area contributed by atoms with Crippen molar-refractivity contribution in [2.45, 2.75) is 26.3 Å². The van der Waals surface area contributed by atoms with Crippen LogP contribution in [-0.2, 0) is 6.42 Å². The molecule has 0 bridgehead atoms. The monoisotopic (exact) mass is 575 g/mol. The van der Waals surface area contributed by atoms with Gasteiger partial charge in [-0.25, -0.2) is 0 Å². The summed E-state index contributed by atoms with van der Waals surface area (Å²) < 4.78 is 17.1. The highest BCUT2D eigenvalue weighted by atomic mass is 16.5. The van der Waals surface area contributed by atoms with Gasteiger partial charge in [0.1, 0.15) is 28.6 Å². The number of nitrogens with one attached hydrogen (secondary N) is 1. The van der Waals surface area contributed by atoms with E-state index < -0.39 is 6.04 Å². The molecule has 0 radical (unpaired) electrons. The van der Waals surface area contributed by atoms with Crippen molar-refractivity contribution in [3.05, 3.63) is 118 Å². The minimum Gasteiger partial charge on any atom is -0.507 e. The molecule has 2 heterocycles. The van der Waals surface area contributed by atoms with Gasteiger partial charge in [-0.3, -0.25) is 9.89 Å². The van der Waals surface area contributed by atoms with Crippen molar-refractivity contribution >= 4 is 5.91 Å². The van der Waals surface area contributed by atoms with Gasteiger partial charge in [0.2, 0.25) is 0 Å². The second kappa shape index (κ2) is 11.6. The van der Waals surface area contributed by atoms with E-state index in [0.717, 1.165) is 33.6 Å². The summed E-state index contributed by atoms with van der Waals surface area (Å²) in [6, 6.07) is 26.4. The fraction of sp³-hybridized carbons (Fsp3) is 0.200. The number of amides is 1. The van der Waals surface area contributed by atoms with Crippen molar-refractivity contribution in [2.24, 2.45) is 0 Å². The van der Waals surface area contributed by atoms with E-state index in [1.54, 1.807) is 20.3 Å². The number of aryl methyl sites for hydroxylation is 2. The molecule has 6 rings (SSSR count). The number of aromatic nitrogens is 2. The number of phenolic OH excluding ortho intramolecular Hbond substituents is 1. The Morgan fingerprint density at radius 3 is 2.40 bits per heavy atom. The molecule has 5 aromatic rings. The van der Waals surface area contributed by atoms with Crippen LogP contribution in [0.5, 0.6) is 28.7 Å². The number of hydrogen-bond acceptors (Lipinski definition) is 6. The molecule has 1 unspecified atom stereocenters. The normalized spacial score (nSPS) is 14.1. The molecule has 0 fully saturated rings. The summed E-state index contributed by atoms with van der Waals surface area (Å²) in [7, 11) is 3.21. The maximum absolute atomic E-state index is 14.0. The van der Waals surface area contributed by atoms with Crippen LogP contribution in [0.1, 0.15) is 44.3 Å². The first kappa shape index (κ1) is 27.9. The highest BCUT2D eigenvalue weighted by molar-refractivity contribution is 6.00. The van der Waals surface area contributed by atoms with Gasteiger partial charge in [-0.2, -0.15) is 5.10 Å². The Morgan fingerprint density at radius 1 is 0.884 bits per heavy atom. The molecule has 1 amide bonds. The summed E-state index contributed by atoms with van der Waals surface area (Å²) >= 11 is 0. The minimum atomic E-state index is -0.462. The number of benzene rings is 4. The zero-order valence-electron chi connectivity index (χ0n) is 24.5. The highest BCUT2D eigenvalue weighted by Gasteiger charge is 2.42. The Labute approximate surface area is 250 Å².